The first kappa shape index (κ1) is 14.6. The summed E-state index contributed by atoms with van der Waals surface area (Å²) in [5, 5.41) is 9.00. The van der Waals surface area contributed by atoms with E-state index in [2.05, 4.69) is 13.8 Å². The smallest absolute Gasteiger partial charge is 0.335 e. The van der Waals surface area contributed by atoms with Gasteiger partial charge in [-0.1, -0.05) is 19.9 Å². The number of carboxylic acids is 1. The molecule has 1 aliphatic carbocycles. The summed E-state index contributed by atoms with van der Waals surface area (Å²) in [6, 6.07) is 6.64. The number of nitrogens with zero attached hydrogens (tertiary/aromatic N) is 1. The van der Waals surface area contributed by atoms with Crippen molar-refractivity contribution in [3.05, 3.63) is 35.4 Å². The number of rotatable bonds is 6. The fraction of sp³-hybridized carbons (Fsp3) is 0.500. The van der Waals surface area contributed by atoms with Crippen molar-refractivity contribution < 1.29 is 14.7 Å². The number of aromatic carboxylic acids is 1. The van der Waals surface area contributed by atoms with Gasteiger partial charge in [0, 0.05) is 18.2 Å². The number of hydrogen-bond donors (Lipinski definition) is 1. The maximum absolute atomic E-state index is 12.5. The Bertz CT molecular complexity index is 506. The molecule has 1 amide bonds. The molecule has 0 bridgehead atoms. The van der Waals surface area contributed by atoms with Crippen LogP contribution in [0.2, 0.25) is 0 Å². The summed E-state index contributed by atoms with van der Waals surface area (Å²) in [6.07, 6.45) is 3.09. The second kappa shape index (κ2) is 6.07. The van der Waals surface area contributed by atoms with Crippen molar-refractivity contribution >= 4 is 11.9 Å². The molecule has 0 unspecified atom stereocenters. The Morgan fingerprint density at radius 1 is 1.30 bits per heavy atom. The second-order valence-corrected chi connectivity index (χ2v) is 5.80. The maximum atomic E-state index is 12.5. The highest BCUT2D eigenvalue weighted by molar-refractivity contribution is 5.97. The molecule has 20 heavy (non-hydrogen) atoms. The van der Waals surface area contributed by atoms with Crippen molar-refractivity contribution in [1.29, 1.82) is 0 Å². The van der Waals surface area contributed by atoms with Gasteiger partial charge in [-0.05, 0) is 43.4 Å². The van der Waals surface area contributed by atoms with E-state index >= 15 is 0 Å². The van der Waals surface area contributed by atoms with E-state index in [0.29, 0.717) is 17.5 Å². The topological polar surface area (TPSA) is 57.6 Å². The minimum Gasteiger partial charge on any atom is -0.478 e. The van der Waals surface area contributed by atoms with Gasteiger partial charge in [0.25, 0.3) is 5.91 Å². The third kappa shape index (κ3) is 3.59. The molecule has 0 saturated heterocycles. The predicted molar refractivity (Wildman–Crippen MR) is 76.9 cm³/mol. The van der Waals surface area contributed by atoms with Gasteiger partial charge in [-0.15, -0.1) is 0 Å². The summed E-state index contributed by atoms with van der Waals surface area (Å²) in [5.74, 6) is -0.495. The minimum absolute atomic E-state index is 0.0451. The summed E-state index contributed by atoms with van der Waals surface area (Å²) in [7, 11) is 0. The molecule has 0 atom stereocenters. The average Bonchev–Trinajstić information content (AvgIpc) is 3.23. The van der Waals surface area contributed by atoms with Gasteiger partial charge in [0.1, 0.15) is 0 Å². The lowest BCUT2D eigenvalue weighted by atomic mass is 10.1. The van der Waals surface area contributed by atoms with Crippen LogP contribution in [-0.2, 0) is 0 Å². The molecule has 0 aliphatic heterocycles. The van der Waals surface area contributed by atoms with Gasteiger partial charge in [-0.3, -0.25) is 4.79 Å². The van der Waals surface area contributed by atoms with Crippen molar-refractivity contribution in [3.8, 4) is 0 Å². The Balaban J connectivity index is 2.14. The number of carbonyl (C=O) groups is 2. The molecular formula is C16H21NO3. The SMILES string of the molecule is CC(C)CCN(C(=O)c1cccc(C(=O)O)c1)C1CC1. The Kier molecular flexibility index (Phi) is 4.42. The van der Waals surface area contributed by atoms with E-state index in [1.54, 1.807) is 12.1 Å². The van der Waals surface area contributed by atoms with E-state index in [1.807, 2.05) is 4.90 Å². The van der Waals surface area contributed by atoms with Crippen molar-refractivity contribution in [1.82, 2.24) is 4.90 Å². The molecule has 1 fully saturated rings. The van der Waals surface area contributed by atoms with Gasteiger partial charge in [0.15, 0.2) is 0 Å². The minimum atomic E-state index is -1.00. The van der Waals surface area contributed by atoms with Gasteiger partial charge >= 0.3 is 5.97 Å². The van der Waals surface area contributed by atoms with Crippen LogP contribution in [0.3, 0.4) is 0 Å². The van der Waals surface area contributed by atoms with E-state index in [-0.39, 0.29) is 11.5 Å². The quantitative estimate of drug-likeness (QED) is 0.868. The first-order valence-electron chi connectivity index (χ1n) is 7.13. The van der Waals surface area contributed by atoms with E-state index in [0.717, 1.165) is 25.8 Å². The third-order valence-corrected chi connectivity index (χ3v) is 3.55. The summed E-state index contributed by atoms with van der Waals surface area (Å²) >= 11 is 0. The van der Waals surface area contributed by atoms with Crippen LogP contribution >= 0.6 is 0 Å². The molecule has 4 heteroatoms. The van der Waals surface area contributed by atoms with Crippen LogP contribution in [-0.4, -0.2) is 34.5 Å². The summed E-state index contributed by atoms with van der Waals surface area (Å²) in [4.78, 5) is 25.4. The van der Waals surface area contributed by atoms with E-state index in [4.69, 9.17) is 5.11 Å². The van der Waals surface area contributed by atoms with Crippen LogP contribution in [0.25, 0.3) is 0 Å². The zero-order valence-corrected chi connectivity index (χ0v) is 12.0. The second-order valence-electron chi connectivity index (χ2n) is 5.80. The number of hydrogen-bond acceptors (Lipinski definition) is 2. The molecule has 0 aromatic heterocycles. The third-order valence-electron chi connectivity index (χ3n) is 3.55. The molecule has 4 nitrogen and oxygen atoms in total. The van der Waals surface area contributed by atoms with Crippen molar-refractivity contribution in [3.63, 3.8) is 0 Å². The Morgan fingerprint density at radius 3 is 2.50 bits per heavy atom. The van der Waals surface area contributed by atoms with Gasteiger partial charge < -0.3 is 10.0 Å². The fourth-order valence-corrected chi connectivity index (χ4v) is 2.18. The standard InChI is InChI=1S/C16H21NO3/c1-11(2)8-9-17(14-6-7-14)15(18)12-4-3-5-13(10-12)16(19)20/h3-5,10-11,14H,6-9H2,1-2H3,(H,19,20). The average molecular weight is 275 g/mol. The highest BCUT2D eigenvalue weighted by Crippen LogP contribution is 2.29. The molecule has 1 N–H and O–H groups in total. The number of benzene rings is 1. The largest absolute Gasteiger partial charge is 0.478 e. The highest BCUT2D eigenvalue weighted by Gasteiger charge is 2.32. The van der Waals surface area contributed by atoms with Crippen molar-refractivity contribution in [2.24, 2.45) is 5.92 Å². The van der Waals surface area contributed by atoms with Gasteiger partial charge in [-0.2, -0.15) is 0 Å². The Hall–Kier alpha value is -1.84. The molecule has 1 aliphatic rings. The normalized spacial score (nSPS) is 14.3. The molecule has 1 aromatic carbocycles. The molecule has 0 radical (unpaired) electrons. The lowest BCUT2D eigenvalue weighted by molar-refractivity contribution is 0.0697. The number of amides is 1. The van der Waals surface area contributed by atoms with Gasteiger partial charge in [0.2, 0.25) is 0 Å². The molecule has 1 aromatic rings. The summed E-state index contributed by atoms with van der Waals surface area (Å²) < 4.78 is 0. The number of carbonyl (C=O) groups excluding carboxylic acids is 1. The molecule has 0 spiro atoms. The van der Waals surface area contributed by atoms with E-state index in [1.165, 1.54) is 12.1 Å². The fourth-order valence-electron chi connectivity index (χ4n) is 2.18. The zero-order chi connectivity index (χ0) is 14.7. The van der Waals surface area contributed by atoms with Crippen LogP contribution in [0.1, 0.15) is 53.8 Å². The first-order chi connectivity index (χ1) is 9.49. The van der Waals surface area contributed by atoms with Crippen LogP contribution in [0, 0.1) is 5.92 Å². The predicted octanol–water partition coefficient (Wildman–Crippen LogP) is 3.04. The lowest BCUT2D eigenvalue weighted by Gasteiger charge is -2.23. The van der Waals surface area contributed by atoms with Crippen LogP contribution in [0.5, 0.6) is 0 Å². The molecule has 108 valence electrons. The highest BCUT2D eigenvalue weighted by atomic mass is 16.4. The number of carboxylic acid groups (broad SMARTS) is 1. The van der Waals surface area contributed by atoms with Gasteiger partial charge in [0.05, 0.1) is 5.56 Å². The van der Waals surface area contributed by atoms with Crippen molar-refractivity contribution in [2.45, 2.75) is 39.2 Å². The van der Waals surface area contributed by atoms with Crippen LogP contribution < -0.4 is 0 Å². The summed E-state index contributed by atoms with van der Waals surface area (Å²) in [5.41, 5.74) is 0.635. The Morgan fingerprint density at radius 2 is 1.95 bits per heavy atom. The summed E-state index contributed by atoms with van der Waals surface area (Å²) in [6.45, 7) is 5.03. The maximum Gasteiger partial charge on any atom is 0.335 e. The zero-order valence-electron chi connectivity index (χ0n) is 12.0. The van der Waals surface area contributed by atoms with E-state index in [9.17, 15) is 9.59 Å². The monoisotopic (exact) mass is 275 g/mol. The van der Waals surface area contributed by atoms with Crippen LogP contribution in [0.4, 0.5) is 0 Å². The lowest BCUT2D eigenvalue weighted by Crippen LogP contribution is -2.34. The van der Waals surface area contributed by atoms with Gasteiger partial charge in [-0.25, -0.2) is 4.79 Å². The van der Waals surface area contributed by atoms with Crippen molar-refractivity contribution in [2.75, 3.05) is 6.54 Å². The molecule has 1 saturated carbocycles. The molecule has 0 heterocycles. The Labute approximate surface area is 119 Å². The molecular weight excluding hydrogens is 254 g/mol. The first-order valence-corrected chi connectivity index (χ1v) is 7.13. The van der Waals surface area contributed by atoms with E-state index < -0.39 is 5.97 Å². The molecule has 2 rings (SSSR count). The van der Waals surface area contributed by atoms with Crippen LogP contribution in [0.15, 0.2) is 24.3 Å².